The number of hydrogen-bond acceptors (Lipinski definition) is 4. The van der Waals surface area contributed by atoms with Gasteiger partial charge in [-0.15, -0.1) is 0 Å². The summed E-state index contributed by atoms with van der Waals surface area (Å²) in [7, 11) is 0. The SMILES string of the molecule is CC1(C)CN(c2cnccc2C#N)CCC1N. The van der Waals surface area contributed by atoms with Crippen LogP contribution in [0.15, 0.2) is 18.5 Å². The lowest BCUT2D eigenvalue weighted by atomic mass is 9.79. The van der Waals surface area contributed by atoms with Crippen LogP contribution in [-0.2, 0) is 0 Å². The van der Waals surface area contributed by atoms with Crippen LogP contribution < -0.4 is 10.6 Å². The largest absolute Gasteiger partial charge is 0.369 e. The molecular formula is C13H18N4. The number of pyridine rings is 1. The molecule has 2 heterocycles. The highest BCUT2D eigenvalue weighted by atomic mass is 15.2. The number of nitrogens with two attached hydrogens (primary N) is 1. The van der Waals surface area contributed by atoms with Crippen LogP contribution in [0.2, 0.25) is 0 Å². The predicted molar refractivity (Wildman–Crippen MR) is 67.5 cm³/mol. The fraction of sp³-hybridized carbons (Fsp3) is 0.538. The highest BCUT2D eigenvalue weighted by Crippen LogP contribution is 2.31. The smallest absolute Gasteiger partial charge is 0.101 e. The van der Waals surface area contributed by atoms with Gasteiger partial charge in [0.15, 0.2) is 0 Å². The second kappa shape index (κ2) is 4.34. The minimum atomic E-state index is 0.0703. The van der Waals surface area contributed by atoms with Crippen molar-refractivity contribution in [3.05, 3.63) is 24.0 Å². The van der Waals surface area contributed by atoms with Gasteiger partial charge in [-0.25, -0.2) is 0 Å². The van der Waals surface area contributed by atoms with Crippen LogP contribution >= 0.6 is 0 Å². The van der Waals surface area contributed by atoms with E-state index < -0.39 is 0 Å². The highest BCUT2D eigenvalue weighted by Gasteiger charge is 2.34. The third-order valence-corrected chi connectivity index (χ3v) is 3.57. The van der Waals surface area contributed by atoms with Gasteiger partial charge in [0.1, 0.15) is 6.07 Å². The minimum absolute atomic E-state index is 0.0703. The molecule has 0 amide bonds. The summed E-state index contributed by atoms with van der Waals surface area (Å²) in [6, 6.07) is 4.20. The van der Waals surface area contributed by atoms with Crippen LogP contribution in [0.4, 0.5) is 5.69 Å². The monoisotopic (exact) mass is 230 g/mol. The molecule has 0 bridgehead atoms. The molecule has 4 nitrogen and oxygen atoms in total. The van der Waals surface area contributed by atoms with Crippen LogP contribution in [-0.4, -0.2) is 24.1 Å². The molecule has 2 rings (SSSR count). The number of piperidine rings is 1. The summed E-state index contributed by atoms with van der Waals surface area (Å²) in [5.74, 6) is 0. The lowest BCUT2D eigenvalue weighted by Gasteiger charge is -2.43. The van der Waals surface area contributed by atoms with Gasteiger partial charge >= 0.3 is 0 Å². The van der Waals surface area contributed by atoms with Gasteiger partial charge in [0.2, 0.25) is 0 Å². The van der Waals surface area contributed by atoms with E-state index in [2.05, 4.69) is 29.8 Å². The molecule has 2 N–H and O–H groups in total. The van der Waals surface area contributed by atoms with Gasteiger partial charge in [-0.3, -0.25) is 4.98 Å². The summed E-state index contributed by atoms with van der Waals surface area (Å²) >= 11 is 0. The Labute approximate surface area is 102 Å². The molecule has 1 saturated heterocycles. The van der Waals surface area contributed by atoms with E-state index in [0.29, 0.717) is 5.56 Å². The van der Waals surface area contributed by atoms with Gasteiger partial charge in [0.05, 0.1) is 17.4 Å². The Hall–Kier alpha value is -1.60. The average molecular weight is 230 g/mol. The number of nitriles is 1. The normalized spacial score (nSPS) is 23.2. The topological polar surface area (TPSA) is 65.9 Å². The molecule has 1 aromatic rings. The average Bonchev–Trinajstić information content (AvgIpc) is 2.32. The van der Waals surface area contributed by atoms with Gasteiger partial charge in [-0.05, 0) is 17.9 Å². The zero-order chi connectivity index (χ0) is 12.5. The molecule has 0 radical (unpaired) electrons. The summed E-state index contributed by atoms with van der Waals surface area (Å²) < 4.78 is 0. The van der Waals surface area contributed by atoms with Crippen molar-refractivity contribution in [2.24, 2.45) is 11.1 Å². The second-order valence-electron chi connectivity index (χ2n) is 5.31. The molecule has 1 aromatic heterocycles. The van der Waals surface area contributed by atoms with Gasteiger partial charge in [0.25, 0.3) is 0 Å². The van der Waals surface area contributed by atoms with Gasteiger partial charge in [-0.1, -0.05) is 13.8 Å². The van der Waals surface area contributed by atoms with E-state index in [1.54, 1.807) is 18.5 Å². The van der Waals surface area contributed by atoms with Crippen LogP contribution in [0.3, 0.4) is 0 Å². The van der Waals surface area contributed by atoms with E-state index >= 15 is 0 Å². The van der Waals surface area contributed by atoms with Crippen molar-refractivity contribution in [3.8, 4) is 6.07 Å². The summed E-state index contributed by atoms with van der Waals surface area (Å²) in [5.41, 5.74) is 7.80. The lowest BCUT2D eigenvalue weighted by molar-refractivity contribution is 0.245. The molecule has 0 saturated carbocycles. The van der Waals surface area contributed by atoms with Crippen molar-refractivity contribution in [3.63, 3.8) is 0 Å². The maximum absolute atomic E-state index is 9.10. The Morgan fingerprint density at radius 3 is 3.00 bits per heavy atom. The second-order valence-corrected chi connectivity index (χ2v) is 5.31. The van der Waals surface area contributed by atoms with Crippen molar-refractivity contribution < 1.29 is 0 Å². The van der Waals surface area contributed by atoms with Gasteiger partial charge in [0, 0.05) is 25.3 Å². The molecule has 0 spiro atoms. The maximum Gasteiger partial charge on any atom is 0.101 e. The zero-order valence-corrected chi connectivity index (χ0v) is 10.3. The molecule has 90 valence electrons. The number of anilines is 1. The first-order chi connectivity index (χ1) is 8.04. The standard InChI is InChI=1S/C13H18N4/c1-13(2)9-17(6-4-12(13)15)11-8-16-5-3-10(11)7-14/h3,5,8,12H,4,6,9,15H2,1-2H3. The Kier molecular flexibility index (Phi) is 3.03. The molecule has 1 aliphatic rings. The predicted octanol–water partition coefficient (Wildman–Crippen LogP) is 1.52. The molecular weight excluding hydrogens is 212 g/mol. The number of hydrogen-bond donors (Lipinski definition) is 1. The Bertz CT molecular complexity index is 447. The van der Waals surface area contributed by atoms with Crippen LogP contribution in [0.1, 0.15) is 25.8 Å². The summed E-state index contributed by atoms with van der Waals surface area (Å²) in [4.78, 5) is 6.33. The van der Waals surface area contributed by atoms with Crippen molar-refractivity contribution in [1.29, 1.82) is 5.26 Å². The summed E-state index contributed by atoms with van der Waals surface area (Å²) in [6.45, 7) is 6.11. The van der Waals surface area contributed by atoms with E-state index in [1.807, 2.05) is 0 Å². The van der Waals surface area contributed by atoms with E-state index in [9.17, 15) is 0 Å². The maximum atomic E-state index is 9.10. The van der Waals surface area contributed by atoms with E-state index in [0.717, 1.165) is 25.2 Å². The Balaban J connectivity index is 2.27. The number of aromatic nitrogens is 1. The van der Waals surface area contributed by atoms with E-state index in [-0.39, 0.29) is 11.5 Å². The van der Waals surface area contributed by atoms with Crippen molar-refractivity contribution in [1.82, 2.24) is 4.98 Å². The Morgan fingerprint density at radius 1 is 1.59 bits per heavy atom. The summed E-state index contributed by atoms with van der Waals surface area (Å²) in [6.07, 6.45) is 4.38. The first kappa shape index (κ1) is 11.9. The first-order valence-electron chi connectivity index (χ1n) is 5.89. The molecule has 17 heavy (non-hydrogen) atoms. The fourth-order valence-electron chi connectivity index (χ4n) is 2.31. The quantitative estimate of drug-likeness (QED) is 0.794. The number of rotatable bonds is 1. The third-order valence-electron chi connectivity index (χ3n) is 3.57. The summed E-state index contributed by atoms with van der Waals surface area (Å²) in [5, 5.41) is 9.10. The molecule has 1 aliphatic heterocycles. The molecule has 0 aromatic carbocycles. The van der Waals surface area contributed by atoms with E-state index in [1.165, 1.54) is 0 Å². The molecule has 1 atom stereocenters. The lowest BCUT2D eigenvalue weighted by Crippen LogP contribution is -2.52. The van der Waals surface area contributed by atoms with Crippen molar-refractivity contribution >= 4 is 5.69 Å². The Morgan fingerprint density at radius 2 is 2.35 bits per heavy atom. The zero-order valence-electron chi connectivity index (χ0n) is 10.3. The van der Waals surface area contributed by atoms with Crippen molar-refractivity contribution in [2.45, 2.75) is 26.3 Å². The highest BCUT2D eigenvalue weighted by molar-refractivity contribution is 5.58. The van der Waals surface area contributed by atoms with Crippen LogP contribution in [0, 0.1) is 16.7 Å². The van der Waals surface area contributed by atoms with Crippen LogP contribution in [0.5, 0.6) is 0 Å². The minimum Gasteiger partial charge on any atom is -0.369 e. The van der Waals surface area contributed by atoms with E-state index in [4.69, 9.17) is 11.0 Å². The molecule has 0 aliphatic carbocycles. The molecule has 1 fully saturated rings. The molecule has 1 unspecified atom stereocenters. The van der Waals surface area contributed by atoms with Crippen molar-refractivity contribution in [2.75, 3.05) is 18.0 Å². The first-order valence-corrected chi connectivity index (χ1v) is 5.89. The number of nitrogens with zero attached hydrogens (tertiary/aromatic N) is 3. The molecule has 4 heteroatoms. The third kappa shape index (κ3) is 2.25. The van der Waals surface area contributed by atoms with Gasteiger partial charge < -0.3 is 10.6 Å². The van der Waals surface area contributed by atoms with Gasteiger partial charge in [-0.2, -0.15) is 5.26 Å². The fourth-order valence-corrected chi connectivity index (χ4v) is 2.31. The van der Waals surface area contributed by atoms with Crippen LogP contribution in [0.25, 0.3) is 0 Å².